The number of halogens is 1. The topological polar surface area (TPSA) is 60.8 Å². The van der Waals surface area contributed by atoms with Gasteiger partial charge in [0.25, 0.3) is 5.91 Å². The maximum atomic E-state index is 13.3. The summed E-state index contributed by atoms with van der Waals surface area (Å²) in [7, 11) is 0. The summed E-state index contributed by atoms with van der Waals surface area (Å²) in [6.45, 7) is 3.14. The third-order valence-electron chi connectivity index (χ3n) is 6.06. The lowest BCUT2D eigenvalue weighted by atomic mass is 9.83. The SMILES string of the molecule is CC(=O)On1cc(C(=O)N2CCC3(CC2)OCc2ccccc23)c2ccc(Cl)cc21. The van der Waals surface area contributed by atoms with Crippen molar-refractivity contribution in [3.8, 4) is 0 Å². The van der Waals surface area contributed by atoms with Crippen LogP contribution in [0.3, 0.4) is 0 Å². The Bertz CT molecular complexity index is 1160. The van der Waals surface area contributed by atoms with Gasteiger partial charge in [0.05, 0.1) is 29.5 Å². The van der Waals surface area contributed by atoms with Crippen LogP contribution in [0.5, 0.6) is 0 Å². The number of hydrogen-bond donors (Lipinski definition) is 0. The van der Waals surface area contributed by atoms with Crippen molar-refractivity contribution in [2.45, 2.75) is 32.0 Å². The highest BCUT2D eigenvalue weighted by molar-refractivity contribution is 6.31. The normalized spacial score (nSPS) is 17.3. The van der Waals surface area contributed by atoms with Gasteiger partial charge in [-0.2, -0.15) is 4.73 Å². The number of aromatic nitrogens is 1. The van der Waals surface area contributed by atoms with E-state index in [4.69, 9.17) is 21.2 Å². The summed E-state index contributed by atoms with van der Waals surface area (Å²) < 4.78 is 7.52. The Balaban J connectivity index is 1.41. The van der Waals surface area contributed by atoms with E-state index in [1.807, 2.05) is 17.0 Å². The predicted octanol–water partition coefficient (Wildman–Crippen LogP) is 3.93. The fourth-order valence-electron chi connectivity index (χ4n) is 4.60. The lowest BCUT2D eigenvalue weighted by Crippen LogP contribution is -2.45. The summed E-state index contributed by atoms with van der Waals surface area (Å²) in [4.78, 5) is 31.9. The van der Waals surface area contributed by atoms with E-state index in [2.05, 4.69) is 12.1 Å². The first-order chi connectivity index (χ1) is 14.5. The highest BCUT2D eigenvalue weighted by Gasteiger charge is 2.43. The van der Waals surface area contributed by atoms with Crippen LogP contribution >= 0.6 is 11.6 Å². The largest absolute Gasteiger partial charge is 0.365 e. The number of benzene rings is 2. The monoisotopic (exact) mass is 424 g/mol. The van der Waals surface area contributed by atoms with Crippen LogP contribution in [0.1, 0.15) is 41.3 Å². The van der Waals surface area contributed by atoms with Crippen LogP contribution in [0.2, 0.25) is 5.02 Å². The molecule has 2 aromatic carbocycles. The van der Waals surface area contributed by atoms with Crippen LogP contribution in [-0.2, 0) is 21.7 Å². The van der Waals surface area contributed by atoms with Gasteiger partial charge >= 0.3 is 5.97 Å². The van der Waals surface area contributed by atoms with Gasteiger partial charge in [0.15, 0.2) is 0 Å². The van der Waals surface area contributed by atoms with Gasteiger partial charge in [0, 0.05) is 30.4 Å². The molecule has 6 nitrogen and oxygen atoms in total. The molecule has 1 saturated heterocycles. The number of amides is 1. The average Bonchev–Trinajstić information content (AvgIpc) is 3.27. The Morgan fingerprint density at radius 2 is 1.90 bits per heavy atom. The highest BCUT2D eigenvalue weighted by Crippen LogP contribution is 2.44. The lowest BCUT2D eigenvalue weighted by molar-refractivity contribution is -0.140. The van der Waals surface area contributed by atoms with Gasteiger partial charge in [-0.15, -0.1) is 0 Å². The van der Waals surface area contributed by atoms with Crippen molar-refractivity contribution in [1.29, 1.82) is 0 Å². The fourth-order valence-corrected chi connectivity index (χ4v) is 4.76. The van der Waals surface area contributed by atoms with Crippen molar-refractivity contribution in [3.05, 3.63) is 70.4 Å². The molecule has 1 aromatic heterocycles. The van der Waals surface area contributed by atoms with E-state index >= 15 is 0 Å². The first-order valence-corrected chi connectivity index (χ1v) is 10.4. The molecular weight excluding hydrogens is 404 g/mol. The third-order valence-corrected chi connectivity index (χ3v) is 6.30. The van der Waals surface area contributed by atoms with Crippen LogP contribution in [-0.4, -0.2) is 34.6 Å². The van der Waals surface area contributed by atoms with Crippen LogP contribution in [0.25, 0.3) is 10.9 Å². The van der Waals surface area contributed by atoms with Gasteiger partial charge in [0.2, 0.25) is 0 Å². The van der Waals surface area contributed by atoms with E-state index in [1.165, 1.54) is 22.8 Å². The van der Waals surface area contributed by atoms with Gasteiger partial charge in [-0.25, -0.2) is 4.79 Å². The summed E-state index contributed by atoms with van der Waals surface area (Å²) in [5.41, 5.74) is 3.26. The molecule has 3 heterocycles. The Morgan fingerprint density at radius 3 is 2.67 bits per heavy atom. The molecule has 0 aliphatic carbocycles. The zero-order valence-corrected chi connectivity index (χ0v) is 17.3. The van der Waals surface area contributed by atoms with Crippen molar-refractivity contribution in [3.63, 3.8) is 0 Å². The summed E-state index contributed by atoms with van der Waals surface area (Å²) >= 11 is 6.11. The van der Waals surface area contributed by atoms with Crippen molar-refractivity contribution in [1.82, 2.24) is 9.63 Å². The molecule has 3 aromatic rings. The van der Waals surface area contributed by atoms with E-state index in [9.17, 15) is 9.59 Å². The number of carbonyl (C=O) groups excluding carboxylic acids is 2. The second-order valence-electron chi connectivity index (χ2n) is 7.85. The molecule has 0 N–H and O–H groups in total. The maximum absolute atomic E-state index is 13.3. The first kappa shape index (κ1) is 19.2. The van der Waals surface area contributed by atoms with Gasteiger partial charge in [0.1, 0.15) is 0 Å². The van der Waals surface area contributed by atoms with Crippen LogP contribution in [0, 0.1) is 0 Å². The number of likely N-dealkylation sites (tertiary alicyclic amines) is 1. The van der Waals surface area contributed by atoms with Crippen LogP contribution in [0.15, 0.2) is 48.7 Å². The van der Waals surface area contributed by atoms with E-state index in [0.29, 0.717) is 41.2 Å². The molecule has 7 heteroatoms. The smallest absolute Gasteiger partial charge is 0.329 e. The molecule has 1 amide bonds. The van der Waals surface area contributed by atoms with E-state index < -0.39 is 5.97 Å². The zero-order valence-electron chi connectivity index (χ0n) is 16.6. The van der Waals surface area contributed by atoms with Crippen molar-refractivity contribution >= 4 is 34.4 Å². The molecule has 30 heavy (non-hydrogen) atoms. The maximum Gasteiger partial charge on any atom is 0.329 e. The molecule has 0 bridgehead atoms. The van der Waals surface area contributed by atoms with Crippen molar-refractivity contribution in [2.75, 3.05) is 13.1 Å². The van der Waals surface area contributed by atoms with Crippen LogP contribution < -0.4 is 4.84 Å². The first-order valence-electron chi connectivity index (χ1n) is 9.98. The number of rotatable bonds is 2. The number of ether oxygens (including phenoxy) is 1. The Kier molecular flexibility index (Phi) is 4.56. The highest BCUT2D eigenvalue weighted by atomic mass is 35.5. The quantitative estimate of drug-likeness (QED) is 0.625. The molecule has 0 saturated carbocycles. The summed E-state index contributed by atoms with van der Waals surface area (Å²) in [5, 5.41) is 1.21. The average molecular weight is 425 g/mol. The summed E-state index contributed by atoms with van der Waals surface area (Å²) in [6.07, 6.45) is 3.07. The Hall–Kier alpha value is -2.83. The third kappa shape index (κ3) is 3.07. The number of piperidine rings is 1. The zero-order chi connectivity index (χ0) is 20.9. The van der Waals surface area contributed by atoms with E-state index in [0.717, 1.165) is 12.8 Å². The molecule has 154 valence electrons. The number of nitrogens with zero attached hydrogens (tertiary/aromatic N) is 2. The molecule has 0 atom stereocenters. The second kappa shape index (κ2) is 7.15. The molecule has 0 unspecified atom stereocenters. The molecule has 0 radical (unpaired) electrons. The minimum absolute atomic E-state index is 0.0886. The van der Waals surface area contributed by atoms with Gasteiger partial charge in [-0.1, -0.05) is 41.9 Å². The van der Waals surface area contributed by atoms with Crippen LogP contribution in [0.4, 0.5) is 0 Å². The fraction of sp³-hybridized carbons (Fsp3) is 0.304. The number of hydrogen-bond acceptors (Lipinski definition) is 4. The molecular formula is C23H21ClN2O4. The summed E-state index contributed by atoms with van der Waals surface area (Å²) in [5.74, 6) is -0.558. The molecule has 1 spiro atoms. The lowest BCUT2D eigenvalue weighted by Gasteiger charge is -2.39. The molecule has 2 aliphatic rings. The Labute approximate surface area is 178 Å². The van der Waals surface area contributed by atoms with Gasteiger partial charge in [-0.3, -0.25) is 4.79 Å². The molecule has 2 aliphatic heterocycles. The Morgan fingerprint density at radius 1 is 1.13 bits per heavy atom. The molecule has 1 fully saturated rings. The number of carbonyl (C=O) groups is 2. The predicted molar refractivity (Wildman–Crippen MR) is 112 cm³/mol. The summed E-state index contributed by atoms with van der Waals surface area (Å²) in [6, 6.07) is 13.5. The standard InChI is InChI=1S/C23H21ClN2O4/c1-15(27)30-26-13-19(18-7-6-17(24)12-21(18)26)22(28)25-10-8-23(9-11-25)20-5-3-2-4-16(20)14-29-23/h2-7,12-13H,8-11,14H2,1H3. The van der Waals surface area contributed by atoms with Gasteiger partial charge < -0.3 is 14.5 Å². The number of fused-ring (bicyclic) bond motifs is 3. The van der Waals surface area contributed by atoms with Crippen molar-refractivity contribution in [2.24, 2.45) is 0 Å². The minimum Gasteiger partial charge on any atom is -0.365 e. The van der Waals surface area contributed by atoms with Gasteiger partial charge in [-0.05, 0) is 36.1 Å². The molecule has 5 rings (SSSR count). The van der Waals surface area contributed by atoms with Crippen molar-refractivity contribution < 1.29 is 19.2 Å². The minimum atomic E-state index is -0.470. The van der Waals surface area contributed by atoms with E-state index in [1.54, 1.807) is 24.4 Å². The second-order valence-corrected chi connectivity index (χ2v) is 8.28. The van der Waals surface area contributed by atoms with E-state index in [-0.39, 0.29) is 11.5 Å².